The van der Waals surface area contributed by atoms with Gasteiger partial charge in [0.15, 0.2) is 6.10 Å². The van der Waals surface area contributed by atoms with Gasteiger partial charge in [0, 0.05) is 6.92 Å². The van der Waals surface area contributed by atoms with E-state index < -0.39 is 24.7 Å². The van der Waals surface area contributed by atoms with Crippen molar-refractivity contribution in [3.8, 4) is 0 Å². The van der Waals surface area contributed by atoms with Gasteiger partial charge < -0.3 is 10.4 Å². The summed E-state index contributed by atoms with van der Waals surface area (Å²) in [7, 11) is 0. The van der Waals surface area contributed by atoms with Crippen molar-refractivity contribution in [1.82, 2.24) is 5.32 Å². The topological polar surface area (TPSA) is 49.3 Å². The molecule has 0 aliphatic rings. The lowest BCUT2D eigenvalue weighted by atomic mass is 10.3. The van der Waals surface area contributed by atoms with Gasteiger partial charge in [-0.05, 0) is 0 Å². The summed E-state index contributed by atoms with van der Waals surface area (Å²) >= 11 is 0. The van der Waals surface area contributed by atoms with Crippen LogP contribution in [0.3, 0.4) is 0 Å². The van der Waals surface area contributed by atoms with Gasteiger partial charge in [0.1, 0.15) is 0 Å². The van der Waals surface area contributed by atoms with Crippen molar-refractivity contribution >= 4 is 5.91 Å². The van der Waals surface area contributed by atoms with Crippen molar-refractivity contribution in [3.05, 3.63) is 0 Å². The Hall–Kier alpha value is -0.780. The van der Waals surface area contributed by atoms with Crippen LogP contribution in [0.4, 0.5) is 13.2 Å². The summed E-state index contributed by atoms with van der Waals surface area (Å²) in [5.41, 5.74) is 0. The molecular weight excluding hydrogens is 163 g/mol. The molecule has 0 aliphatic carbocycles. The molecule has 0 spiro atoms. The number of carbonyl (C=O) groups excluding carboxylic acids is 1. The molecule has 0 rings (SSSR count). The van der Waals surface area contributed by atoms with Gasteiger partial charge >= 0.3 is 6.18 Å². The Morgan fingerprint density at radius 3 is 2.36 bits per heavy atom. The minimum Gasteiger partial charge on any atom is -0.382 e. The van der Waals surface area contributed by atoms with Crippen LogP contribution in [0.1, 0.15) is 6.92 Å². The fourth-order valence-corrected chi connectivity index (χ4v) is 0.356. The fourth-order valence-electron chi connectivity index (χ4n) is 0.356. The minimum atomic E-state index is -4.66. The number of alkyl halides is 3. The first kappa shape index (κ1) is 10.2. The third-order valence-electron chi connectivity index (χ3n) is 0.922. The van der Waals surface area contributed by atoms with Gasteiger partial charge in [-0.2, -0.15) is 13.2 Å². The molecule has 0 fully saturated rings. The van der Waals surface area contributed by atoms with E-state index in [1.807, 2.05) is 5.32 Å². The molecule has 0 bridgehead atoms. The number of halogens is 3. The quantitative estimate of drug-likeness (QED) is 0.616. The largest absolute Gasteiger partial charge is 0.416 e. The van der Waals surface area contributed by atoms with Gasteiger partial charge in [0.2, 0.25) is 5.91 Å². The van der Waals surface area contributed by atoms with Crippen molar-refractivity contribution in [2.75, 3.05) is 6.54 Å². The number of hydrogen-bond acceptors (Lipinski definition) is 2. The maximum absolute atomic E-state index is 11.5. The number of hydrogen-bond donors (Lipinski definition) is 2. The summed E-state index contributed by atoms with van der Waals surface area (Å²) in [6.07, 6.45) is -7.14. The molecule has 0 heterocycles. The highest BCUT2D eigenvalue weighted by atomic mass is 19.4. The highest BCUT2D eigenvalue weighted by molar-refractivity contribution is 5.72. The van der Waals surface area contributed by atoms with Gasteiger partial charge in [0.25, 0.3) is 0 Å². The maximum Gasteiger partial charge on any atom is 0.416 e. The van der Waals surface area contributed by atoms with Gasteiger partial charge in [-0.25, -0.2) is 0 Å². The molecule has 3 nitrogen and oxygen atoms in total. The lowest BCUT2D eigenvalue weighted by Crippen LogP contribution is -2.39. The minimum absolute atomic E-state index is 0.603. The molecule has 1 amide bonds. The zero-order chi connectivity index (χ0) is 9.07. The zero-order valence-corrected chi connectivity index (χ0v) is 5.77. The van der Waals surface area contributed by atoms with Crippen molar-refractivity contribution in [3.63, 3.8) is 0 Å². The van der Waals surface area contributed by atoms with E-state index in [4.69, 9.17) is 5.11 Å². The molecule has 0 aromatic rings. The van der Waals surface area contributed by atoms with E-state index >= 15 is 0 Å². The van der Waals surface area contributed by atoms with E-state index in [1.54, 1.807) is 0 Å². The van der Waals surface area contributed by atoms with Crippen molar-refractivity contribution in [1.29, 1.82) is 0 Å². The highest BCUT2D eigenvalue weighted by Gasteiger charge is 2.37. The predicted octanol–water partition coefficient (Wildman–Crippen LogP) is 0.0457. The van der Waals surface area contributed by atoms with Gasteiger partial charge in [0.05, 0.1) is 6.54 Å². The molecule has 0 aliphatic heterocycles. The summed E-state index contributed by atoms with van der Waals surface area (Å²) in [6.45, 7) is 0.280. The molecule has 0 saturated carbocycles. The van der Waals surface area contributed by atoms with E-state index in [1.165, 1.54) is 0 Å². The number of aliphatic hydroxyl groups is 1. The van der Waals surface area contributed by atoms with Crippen molar-refractivity contribution < 1.29 is 23.1 Å². The third-order valence-corrected chi connectivity index (χ3v) is 0.922. The number of rotatable bonds is 2. The number of amides is 1. The molecule has 0 aromatic heterocycles. The maximum atomic E-state index is 11.5. The lowest BCUT2D eigenvalue weighted by molar-refractivity contribution is -0.201. The molecule has 0 unspecified atom stereocenters. The molecule has 0 radical (unpaired) electrons. The van der Waals surface area contributed by atoms with Crippen LogP contribution in [0.25, 0.3) is 0 Å². The molecule has 2 N–H and O–H groups in total. The average molecular weight is 171 g/mol. The van der Waals surface area contributed by atoms with Crippen LogP contribution in [-0.2, 0) is 4.79 Å². The molecule has 1 atom stereocenters. The monoisotopic (exact) mass is 171 g/mol. The average Bonchev–Trinajstić information content (AvgIpc) is 1.80. The van der Waals surface area contributed by atoms with Crippen LogP contribution in [0.2, 0.25) is 0 Å². The Bertz CT molecular complexity index is 145. The number of carbonyl (C=O) groups is 1. The van der Waals surface area contributed by atoms with Crippen LogP contribution < -0.4 is 5.32 Å². The van der Waals surface area contributed by atoms with Crippen LogP contribution in [0, 0.1) is 0 Å². The van der Waals surface area contributed by atoms with Crippen molar-refractivity contribution in [2.45, 2.75) is 19.2 Å². The van der Waals surface area contributed by atoms with Gasteiger partial charge in [-0.1, -0.05) is 0 Å². The summed E-state index contributed by atoms with van der Waals surface area (Å²) < 4.78 is 34.5. The molecule has 6 heteroatoms. The van der Waals surface area contributed by atoms with Crippen LogP contribution in [-0.4, -0.2) is 29.8 Å². The van der Waals surface area contributed by atoms with Crippen LogP contribution in [0.15, 0.2) is 0 Å². The summed E-state index contributed by atoms with van der Waals surface area (Å²) in [5.74, 6) is -0.603. The first-order valence-corrected chi connectivity index (χ1v) is 2.83. The van der Waals surface area contributed by atoms with E-state index in [0.717, 1.165) is 6.92 Å². The lowest BCUT2D eigenvalue weighted by Gasteiger charge is -2.13. The van der Waals surface area contributed by atoms with E-state index in [0.29, 0.717) is 0 Å². The molecule has 0 saturated heterocycles. The van der Waals surface area contributed by atoms with E-state index in [2.05, 4.69) is 0 Å². The Morgan fingerprint density at radius 1 is 1.64 bits per heavy atom. The Balaban J connectivity index is 3.70. The van der Waals surface area contributed by atoms with Crippen LogP contribution in [0.5, 0.6) is 0 Å². The number of nitrogens with one attached hydrogen (secondary N) is 1. The summed E-state index contributed by atoms with van der Waals surface area (Å²) in [4.78, 5) is 10.1. The highest BCUT2D eigenvalue weighted by Crippen LogP contribution is 2.18. The smallest absolute Gasteiger partial charge is 0.382 e. The second-order valence-electron chi connectivity index (χ2n) is 1.99. The normalized spacial score (nSPS) is 14.3. The SMILES string of the molecule is CC(=O)NC[C@@H](O)C(F)(F)F. The Labute approximate surface area is 61.2 Å². The van der Waals surface area contributed by atoms with E-state index in [-0.39, 0.29) is 0 Å². The molecule has 0 aromatic carbocycles. The summed E-state index contributed by atoms with van der Waals surface area (Å²) in [5, 5.41) is 10.1. The standard InChI is InChI=1S/C5H8F3NO2/c1-3(10)9-2-4(11)5(6,7)8/h4,11H,2H2,1H3,(H,9,10)/t4-/m1/s1. The second kappa shape index (κ2) is 3.56. The van der Waals surface area contributed by atoms with Crippen molar-refractivity contribution in [2.24, 2.45) is 0 Å². The molecule has 11 heavy (non-hydrogen) atoms. The van der Waals surface area contributed by atoms with Crippen LogP contribution >= 0.6 is 0 Å². The Morgan fingerprint density at radius 2 is 2.09 bits per heavy atom. The predicted molar refractivity (Wildman–Crippen MR) is 30.7 cm³/mol. The number of aliphatic hydroxyl groups excluding tert-OH is 1. The summed E-state index contributed by atoms with van der Waals surface area (Å²) in [6, 6.07) is 0. The van der Waals surface area contributed by atoms with E-state index in [9.17, 15) is 18.0 Å². The third kappa shape index (κ3) is 4.60. The molecular formula is C5H8F3NO2. The Kier molecular flexibility index (Phi) is 3.31. The molecule has 66 valence electrons. The fraction of sp³-hybridized carbons (Fsp3) is 0.800. The second-order valence-corrected chi connectivity index (χ2v) is 1.99. The van der Waals surface area contributed by atoms with Gasteiger partial charge in [-0.15, -0.1) is 0 Å². The zero-order valence-electron chi connectivity index (χ0n) is 5.77. The first-order valence-electron chi connectivity index (χ1n) is 2.83. The van der Waals surface area contributed by atoms with Gasteiger partial charge in [-0.3, -0.25) is 4.79 Å². The first-order chi connectivity index (χ1) is 4.84.